The van der Waals surface area contributed by atoms with Crippen molar-refractivity contribution in [1.82, 2.24) is 5.32 Å². The summed E-state index contributed by atoms with van der Waals surface area (Å²) in [4.78, 5) is 11.7. The SMILES string of the molecule is O=C(NC1CC=CC1)c1cc(Cl)ccc1F. The molecule has 1 aliphatic rings. The highest BCUT2D eigenvalue weighted by atomic mass is 35.5. The van der Waals surface area contributed by atoms with Crippen LogP contribution in [0.25, 0.3) is 0 Å². The Hall–Kier alpha value is -1.35. The third kappa shape index (κ3) is 2.42. The molecule has 0 heterocycles. The van der Waals surface area contributed by atoms with Crippen LogP contribution < -0.4 is 5.32 Å². The van der Waals surface area contributed by atoms with E-state index in [0.717, 1.165) is 12.8 Å². The molecule has 1 amide bonds. The number of halogens is 2. The van der Waals surface area contributed by atoms with Crippen LogP contribution in [0.3, 0.4) is 0 Å². The van der Waals surface area contributed by atoms with Crippen LogP contribution in [0.4, 0.5) is 4.39 Å². The number of hydrogen-bond donors (Lipinski definition) is 1. The molecule has 0 spiro atoms. The molecule has 0 saturated heterocycles. The first-order chi connectivity index (χ1) is 7.66. The third-order valence-electron chi connectivity index (χ3n) is 2.52. The number of hydrogen-bond acceptors (Lipinski definition) is 1. The Morgan fingerprint density at radius 3 is 2.75 bits per heavy atom. The molecule has 0 saturated carbocycles. The summed E-state index contributed by atoms with van der Waals surface area (Å²) in [7, 11) is 0. The molecule has 2 nitrogen and oxygen atoms in total. The van der Waals surface area contributed by atoms with Gasteiger partial charge in [-0.3, -0.25) is 4.79 Å². The second-order valence-corrected chi connectivity index (χ2v) is 4.17. The van der Waals surface area contributed by atoms with E-state index in [4.69, 9.17) is 11.6 Å². The van der Waals surface area contributed by atoms with Crippen LogP contribution >= 0.6 is 11.6 Å². The van der Waals surface area contributed by atoms with Crippen LogP contribution in [0.1, 0.15) is 23.2 Å². The lowest BCUT2D eigenvalue weighted by atomic mass is 10.1. The van der Waals surface area contributed by atoms with E-state index in [1.165, 1.54) is 18.2 Å². The average molecular weight is 240 g/mol. The van der Waals surface area contributed by atoms with Gasteiger partial charge in [0.1, 0.15) is 5.82 Å². The highest BCUT2D eigenvalue weighted by Gasteiger charge is 2.17. The van der Waals surface area contributed by atoms with Gasteiger partial charge in [0.15, 0.2) is 0 Å². The number of nitrogens with one attached hydrogen (secondary N) is 1. The number of carbonyl (C=O) groups is 1. The molecule has 0 atom stereocenters. The van der Waals surface area contributed by atoms with Gasteiger partial charge in [-0.25, -0.2) is 4.39 Å². The molecule has 1 aliphatic carbocycles. The van der Waals surface area contributed by atoms with E-state index in [2.05, 4.69) is 5.32 Å². The van der Waals surface area contributed by atoms with E-state index in [-0.39, 0.29) is 11.6 Å². The van der Waals surface area contributed by atoms with E-state index < -0.39 is 11.7 Å². The van der Waals surface area contributed by atoms with Crippen molar-refractivity contribution >= 4 is 17.5 Å². The highest BCUT2D eigenvalue weighted by molar-refractivity contribution is 6.31. The second-order valence-electron chi connectivity index (χ2n) is 3.74. The normalized spacial score (nSPS) is 15.4. The standard InChI is InChI=1S/C12H11ClFNO/c13-8-5-6-11(14)10(7-8)12(16)15-9-3-1-2-4-9/h1-2,5-7,9H,3-4H2,(H,15,16). The van der Waals surface area contributed by atoms with E-state index in [1.54, 1.807) is 0 Å². The zero-order valence-electron chi connectivity index (χ0n) is 8.54. The van der Waals surface area contributed by atoms with Crippen molar-refractivity contribution in [2.24, 2.45) is 0 Å². The molecule has 0 fully saturated rings. The van der Waals surface area contributed by atoms with Crippen molar-refractivity contribution in [3.63, 3.8) is 0 Å². The molecule has 1 aromatic rings. The lowest BCUT2D eigenvalue weighted by Gasteiger charge is -2.12. The molecule has 0 aromatic heterocycles. The zero-order valence-corrected chi connectivity index (χ0v) is 9.30. The van der Waals surface area contributed by atoms with E-state index in [0.29, 0.717) is 5.02 Å². The lowest BCUT2D eigenvalue weighted by molar-refractivity contribution is 0.0935. The Balaban J connectivity index is 2.10. The van der Waals surface area contributed by atoms with Gasteiger partial charge in [0.2, 0.25) is 0 Å². The van der Waals surface area contributed by atoms with Crippen LogP contribution in [-0.2, 0) is 0 Å². The van der Waals surface area contributed by atoms with Crippen LogP contribution in [0.5, 0.6) is 0 Å². The van der Waals surface area contributed by atoms with Gasteiger partial charge in [-0.1, -0.05) is 23.8 Å². The smallest absolute Gasteiger partial charge is 0.254 e. The van der Waals surface area contributed by atoms with Crippen LogP contribution in [0, 0.1) is 5.82 Å². The number of benzene rings is 1. The first-order valence-corrected chi connectivity index (χ1v) is 5.45. The molecule has 0 unspecified atom stereocenters. The van der Waals surface area contributed by atoms with E-state index in [1.807, 2.05) is 12.2 Å². The van der Waals surface area contributed by atoms with E-state index in [9.17, 15) is 9.18 Å². The van der Waals surface area contributed by atoms with Gasteiger partial charge in [0.05, 0.1) is 5.56 Å². The van der Waals surface area contributed by atoms with Gasteiger partial charge in [-0.2, -0.15) is 0 Å². The molecule has 2 rings (SSSR count). The van der Waals surface area contributed by atoms with Gasteiger partial charge in [0, 0.05) is 11.1 Å². The molecule has 16 heavy (non-hydrogen) atoms. The zero-order chi connectivity index (χ0) is 11.5. The summed E-state index contributed by atoms with van der Waals surface area (Å²) in [6.45, 7) is 0. The Morgan fingerprint density at radius 2 is 2.06 bits per heavy atom. The summed E-state index contributed by atoms with van der Waals surface area (Å²) >= 11 is 5.72. The maximum Gasteiger partial charge on any atom is 0.254 e. The molecule has 1 aromatic carbocycles. The average Bonchev–Trinajstić information content (AvgIpc) is 2.74. The van der Waals surface area contributed by atoms with Crippen molar-refractivity contribution in [3.8, 4) is 0 Å². The molecule has 4 heteroatoms. The summed E-state index contributed by atoms with van der Waals surface area (Å²) in [5.74, 6) is -0.957. The fourth-order valence-electron chi connectivity index (χ4n) is 1.67. The lowest BCUT2D eigenvalue weighted by Crippen LogP contribution is -2.33. The Labute approximate surface area is 98.1 Å². The predicted octanol–water partition coefficient (Wildman–Crippen LogP) is 2.93. The molecule has 0 radical (unpaired) electrons. The maximum atomic E-state index is 13.4. The highest BCUT2D eigenvalue weighted by Crippen LogP contribution is 2.16. The quantitative estimate of drug-likeness (QED) is 0.790. The van der Waals surface area contributed by atoms with Crippen LogP contribution in [0.2, 0.25) is 5.02 Å². The number of rotatable bonds is 2. The largest absolute Gasteiger partial charge is 0.349 e. The van der Waals surface area contributed by atoms with Gasteiger partial charge >= 0.3 is 0 Å². The van der Waals surface area contributed by atoms with Crippen LogP contribution in [0.15, 0.2) is 30.4 Å². The first kappa shape index (κ1) is 11.1. The Bertz CT molecular complexity index is 437. The minimum Gasteiger partial charge on any atom is -0.349 e. The van der Waals surface area contributed by atoms with Crippen molar-refractivity contribution in [2.75, 3.05) is 0 Å². The third-order valence-corrected chi connectivity index (χ3v) is 2.75. The van der Waals surface area contributed by atoms with Crippen molar-refractivity contribution < 1.29 is 9.18 Å². The molecular formula is C12H11ClFNO. The van der Waals surface area contributed by atoms with Gasteiger partial charge in [0.25, 0.3) is 5.91 Å². The minimum atomic E-state index is -0.548. The summed E-state index contributed by atoms with van der Waals surface area (Å²) in [6, 6.07) is 4.04. The summed E-state index contributed by atoms with van der Waals surface area (Å²) in [5.41, 5.74) is -0.000556. The second kappa shape index (κ2) is 4.66. The fraction of sp³-hybridized carbons (Fsp3) is 0.250. The maximum absolute atomic E-state index is 13.4. The number of carbonyl (C=O) groups excluding carboxylic acids is 1. The van der Waals surface area contributed by atoms with Crippen molar-refractivity contribution in [3.05, 3.63) is 46.8 Å². The topological polar surface area (TPSA) is 29.1 Å². The summed E-state index contributed by atoms with van der Waals surface area (Å²) in [5, 5.41) is 3.12. The fourth-order valence-corrected chi connectivity index (χ4v) is 1.84. The van der Waals surface area contributed by atoms with Gasteiger partial charge in [-0.15, -0.1) is 0 Å². The Kier molecular flexibility index (Phi) is 3.25. The summed E-state index contributed by atoms with van der Waals surface area (Å²) < 4.78 is 13.4. The summed E-state index contributed by atoms with van der Waals surface area (Å²) in [6.07, 6.45) is 5.60. The predicted molar refractivity (Wildman–Crippen MR) is 61.0 cm³/mol. The molecule has 0 bridgehead atoms. The Morgan fingerprint density at radius 1 is 1.38 bits per heavy atom. The van der Waals surface area contributed by atoms with Crippen molar-refractivity contribution in [1.29, 1.82) is 0 Å². The van der Waals surface area contributed by atoms with E-state index >= 15 is 0 Å². The number of amides is 1. The molecular weight excluding hydrogens is 229 g/mol. The van der Waals surface area contributed by atoms with Crippen LogP contribution in [-0.4, -0.2) is 11.9 Å². The van der Waals surface area contributed by atoms with Gasteiger partial charge in [-0.05, 0) is 31.0 Å². The first-order valence-electron chi connectivity index (χ1n) is 5.08. The molecule has 84 valence electrons. The molecule has 0 aliphatic heterocycles. The van der Waals surface area contributed by atoms with Gasteiger partial charge < -0.3 is 5.32 Å². The minimum absolute atomic E-state index is 0.000556. The molecule has 1 N–H and O–H groups in total. The monoisotopic (exact) mass is 239 g/mol. The van der Waals surface area contributed by atoms with Crippen molar-refractivity contribution in [2.45, 2.75) is 18.9 Å².